The fraction of sp³-hybridized carbons (Fsp3) is 0.314. The van der Waals surface area contributed by atoms with Gasteiger partial charge in [0.2, 0.25) is 11.8 Å². The number of hydrazine groups is 1. The molecule has 9 heteroatoms. The average molecular weight is 592 g/mol. The molecule has 1 saturated carbocycles. The van der Waals surface area contributed by atoms with Crippen molar-refractivity contribution in [3.63, 3.8) is 0 Å². The van der Waals surface area contributed by atoms with E-state index in [1.165, 1.54) is 0 Å². The third kappa shape index (κ3) is 3.98. The van der Waals surface area contributed by atoms with Gasteiger partial charge in [-0.15, -0.1) is 0 Å². The SMILES string of the molecule is CCOc1cc([C@H]2C3=CC[C@@H]4C(=O)NC(=O)[C@@H]4[C@@H]3C[C@H]3C(=O)N(Nc4ccc(C)cc4)C(=O)[C@@]23c2ccccc2)ccc1O. The molecule has 4 aliphatic rings. The maximum absolute atomic E-state index is 15.0. The molecule has 7 rings (SSSR count). The number of aromatic hydroxyl groups is 1. The molecule has 2 aliphatic heterocycles. The Morgan fingerprint density at radius 2 is 1.73 bits per heavy atom. The molecule has 2 saturated heterocycles. The summed E-state index contributed by atoms with van der Waals surface area (Å²) in [6.07, 6.45) is 2.58. The molecule has 3 fully saturated rings. The molecular weight excluding hydrogens is 558 g/mol. The number of fused-ring (bicyclic) bond motifs is 4. The quantitative estimate of drug-likeness (QED) is 0.287. The zero-order valence-electron chi connectivity index (χ0n) is 24.4. The van der Waals surface area contributed by atoms with Gasteiger partial charge in [-0.3, -0.25) is 29.9 Å². The molecular formula is C35H33N3O6. The zero-order chi connectivity index (χ0) is 30.7. The molecule has 9 nitrogen and oxygen atoms in total. The third-order valence-electron chi connectivity index (χ3n) is 9.85. The van der Waals surface area contributed by atoms with E-state index in [4.69, 9.17) is 4.74 Å². The molecule has 224 valence electrons. The van der Waals surface area contributed by atoms with E-state index >= 15 is 4.79 Å². The summed E-state index contributed by atoms with van der Waals surface area (Å²) in [5, 5.41) is 14.2. The number of carbonyl (C=O) groups is 4. The number of ether oxygens (including phenoxy) is 1. The molecule has 44 heavy (non-hydrogen) atoms. The Kier molecular flexibility index (Phi) is 6.57. The highest BCUT2D eigenvalue weighted by Gasteiger charge is 2.70. The number of imide groups is 2. The molecule has 3 N–H and O–H groups in total. The number of benzene rings is 3. The summed E-state index contributed by atoms with van der Waals surface area (Å²) in [6, 6.07) is 21.8. The normalized spacial score (nSPS) is 29.0. The Hall–Kier alpha value is -4.92. The summed E-state index contributed by atoms with van der Waals surface area (Å²) in [5.41, 5.74) is 5.56. The van der Waals surface area contributed by atoms with Crippen LogP contribution in [-0.2, 0) is 24.6 Å². The van der Waals surface area contributed by atoms with Crippen molar-refractivity contribution in [2.75, 3.05) is 12.0 Å². The Morgan fingerprint density at radius 1 is 0.977 bits per heavy atom. The first-order valence-corrected chi connectivity index (χ1v) is 15.0. The largest absolute Gasteiger partial charge is 0.504 e. The molecule has 3 aromatic rings. The Balaban J connectivity index is 1.47. The number of rotatable bonds is 6. The number of hydrogen-bond donors (Lipinski definition) is 3. The van der Waals surface area contributed by atoms with Crippen molar-refractivity contribution in [3.05, 3.63) is 101 Å². The summed E-state index contributed by atoms with van der Waals surface area (Å²) in [7, 11) is 0. The van der Waals surface area contributed by atoms with E-state index in [-0.39, 0.29) is 35.6 Å². The molecule has 2 aliphatic carbocycles. The van der Waals surface area contributed by atoms with Crippen LogP contribution in [0.5, 0.6) is 11.5 Å². The van der Waals surface area contributed by atoms with Crippen molar-refractivity contribution in [2.45, 2.75) is 38.0 Å². The zero-order valence-corrected chi connectivity index (χ0v) is 24.4. The number of nitrogens with zero attached hydrogens (tertiary/aromatic N) is 1. The van der Waals surface area contributed by atoms with Crippen LogP contribution < -0.4 is 15.5 Å². The molecule has 3 aromatic carbocycles. The van der Waals surface area contributed by atoms with Gasteiger partial charge in [0.25, 0.3) is 11.8 Å². The van der Waals surface area contributed by atoms with Crippen molar-refractivity contribution < 1.29 is 29.0 Å². The minimum atomic E-state index is -1.37. The average Bonchev–Trinajstić information content (AvgIpc) is 3.44. The van der Waals surface area contributed by atoms with Gasteiger partial charge in [0.05, 0.1) is 35.5 Å². The number of amides is 4. The molecule has 2 heterocycles. The summed E-state index contributed by atoms with van der Waals surface area (Å²) < 4.78 is 5.76. The standard InChI is InChI=1S/C35H33N3O6/c1-3-44-28-17-20(11-16-27(28)39)30-23-14-15-24-29(32(41)36-31(24)40)25(23)18-26-33(42)38(37-22-12-9-19(2)10-13-22)34(43)35(26,30)21-7-5-4-6-8-21/h4-14,16-17,24-26,29-30,37,39H,3,15,18H2,1-2H3,(H,36,40,41)/t24-,25+,26-,29-,30-,35+/m0/s1. The number of carbonyl (C=O) groups excluding carboxylic acids is 4. The number of anilines is 1. The van der Waals surface area contributed by atoms with Crippen LogP contribution in [-0.4, -0.2) is 40.4 Å². The van der Waals surface area contributed by atoms with Gasteiger partial charge in [-0.1, -0.05) is 65.7 Å². The number of allylic oxidation sites excluding steroid dienone is 2. The van der Waals surface area contributed by atoms with E-state index in [2.05, 4.69) is 10.7 Å². The Bertz CT molecular complexity index is 1720. The Labute approximate surface area is 254 Å². The van der Waals surface area contributed by atoms with E-state index in [0.29, 0.717) is 29.8 Å². The van der Waals surface area contributed by atoms with Gasteiger partial charge in [-0.25, -0.2) is 0 Å². The molecule has 6 atom stereocenters. The van der Waals surface area contributed by atoms with Gasteiger partial charge in [0.1, 0.15) is 0 Å². The van der Waals surface area contributed by atoms with E-state index in [9.17, 15) is 19.5 Å². The summed E-state index contributed by atoms with van der Waals surface area (Å²) >= 11 is 0. The lowest BCUT2D eigenvalue weighted by molar-refractivity contribution is -0.138. The predicted molar refractivity (Wildman–Crippen MR) is 161 cm³/mol. The highest BCUT2D eigenvalue weighted by Crippen LogP contribution is 2.64. The first-order valence-electron chi connectivity index (χ1n) is 15.0. The van der Waals surface area contributed by atoms with Crippen LogP contribution in [0, 0.1) is 30.6 Å². The monoisotopic (exact) mass is 591 g/mol. The van der Waals surface area contributed by atoms with Gasteiger partial charge in [0.15, 0.2) is 11.5 Å². The van der Waals surface area contributed by atoms with Crippen molar-refractivity contribution >= 4 is 29.3 Å². The number of phenolic OH excluding ortho intramolecular Hbond substituents is 1. The molecule has 0 radical (unpaired) electrons. The maximum atomic E-state index is 15.0. The third-order valence-corrected chi connectivity index (χ3v) is 9.85. The number of nitrogens with one attached hydrogen (secondary N) is 2. The highest BCUT2D eigenvalue weighted by molar-refractivity contribution is 6.13. The van der Waals surface area contributed by atoms with Crippen LogP contribution in [0.4, 0.5) is 5.69 Å². The fourth-order valence-corrected chi connectivity index (χ4v) is 8.01. The van der Waals surface area contributed by atoms with Gasteiger partial charge >= 0.3 is 0 Å². The van der Waals surface area contributed by atoms with E-state index in [1.807, 2.05) is 74.5 Å². The second kappa shape index (κ2) is 10.4. The second-order valence-electron chi connectivity index (χ2n) is 12.1. The second-order valence-corrected chi connectivity index (χ2v) is 12.1. The maximum Gasteiger partial charge on any atom is 0.260 e. The predicted octanol–water partition coefficient (Wildman–Crippen LogP) is 4.37. The van der Waals surface area contributed by atoms with Crippen molar-refractivity contribution in [1.29, 1.82) is 0 Å². The van der Waals surface area contributed by atoms with Crippen molar-refractivity contribution in [1.82, 2.24) is 10.3 Å². The summed E-state index contributed by atoms with van der Waals surface area (Å²) in [5.74, 6) is -4.31. The lowest BCUT2D eigenvalue weighted by Crippen LogP contribution is -2.53. The molecule has 0 unspecified atom stereocenters. The van der Waals surface area contributed by atoms with Crippen molar-refractivity contribution in [3.8, 4) is 11.5 Å². The van der Waals surface area contributed by atoms with Crippen LogP contribution in [0.3, 0.4) is 0 Å². The highest BCUT2D eigenvalue weighted by atomic mass is 16.5. The summed E-state index contributed by atoms with van der Waals surface area (Å²) in [4.78, 5) is 55.5. The van der Waals surface area contributed by atoms with Gasteiger partial charge in [-0.05, 0) is 68.0 Å². The molecule has 0 spiro atoms. The first kappa shape index (κ1) is 27.9. The molecule has 4 amide bonds. The van der Waals surface area contributed by atoms with Crippen LogP contribution in [0.15, 0.2) is 84.4 Å². The van der Waals surface area contributed by atoms with Crippen LogP contribution in [0.25, 0.3) is 0 Å². The van der Waals surface area contributed by atoms with Crippen LogP contribution >= 0.6 is 0 Å². The smallest absolute Gasteiger partial charge is 0.260 e. The van der Waals surface area contributed by atoms with E-state index in [1.54, 1.807) is 18.2 Å². The minimum Gasteiger partial charge on any atom is -0.504 e. The van der Waals surface area contributed by atoms with Gasteiger partial charge < -0.3 is 9.84 Å². The lowest BCUT2D eigenvalue weighted by Gasteiger charge is -2.50. The minimum absolute atomic E-state index is 0.0387. The van der Waals surface area contributed by atoms with Crippen molar-refractivity contribution in [2.24, 2.45) is 23.7 Å². The number of aryl methyl sites for hydroxylation is 1. The Morgan fingerprint density at radius 3 is 2.45 bits per heavy atom. The first-order chi connectivity index (χ1) is 21.2. The molecule has 0 bridgehead atoms. The topological polar surface area (TPSA) is 125 Å². The van der Waals surface area contributed by atoms with Gasteiger partial charge in [-0.2, -0.15) is 5.01 Å². The van der Waals surface area contributed by atoms with E-state index in [0.717, 1.165) is 16.1 Å². The van der Waals surface area contributed by atoms with E-state index < -0.39 is 40.9 Å². The van der Waals surface area contributed by atoms with Gasteiger partial charge in [0, 0.05) is 5.92 Å². The number of hydrogen-bond acceptors (Lipinski definition) is 7. The lowest BCUT2D eigenvalue weighted by atomic mass is 9.49. The van der Waals surface area contributed by atoms with Crippen LogP contribution in [0.2, 0.25) is 0 Å². The molecule has 0 aromatic heterocycles. The summed E-state index contributed by atoms with van der Waals surface area (Å²) in [6.45, 7) is 4.09. The fourth-order valence-electron chi connectivity index (χ4n) is 8.01. The number of phenols is 1. The van der Waals surface area contributed by atoms with Crippen LogP contribution in [0.1, 0.15) is 42.4 Å².